The van der Waals surface area contributed by atoms with E-state index >= 15 is 0 Å². The number of halogens is 1. The van der Waals surface area contributed by atoms with Crippen LogP contribution in [-0.2, 0) is 0 Å². The standard InChI is InChI=1S/C16H14FN3/c1-9-6-7-19-13(8-9)16-10(2)15(18)14-11(17)4-3-5-12(14)20-16/h3-8H,1-2H3,(H2,18,20). The highest BCUT2D eigenvalue weighted by Gasteiger charge is 2.14. The molecular formula is C16H14FN3. The van der Waals surface area contributed by atoms with Crippen LogP contribution in [0.2, 0.25) is 0 Å². The van der Waals surface area contributed by atoms with E-state index in [9.17, 15) is 4.39 Å². The van der Waals surface area contributed by atoms with Crippen LogP contribution in [0.5, 0.6) is 0 Å². The van der Waals surface area contributed by atoms with Gasteiger partial charge in [0.2, 0.25) is 0 Å². The van der Waals surface area contributed by atoms with Crippen molar-refractivity contribution in [3.8, 4) is 11.4 Å². The Hall–Kier alpha value is -2.49. The van der Waals surface area contributed by atoms with Crippen molar-refractivity contribution >= 4 is 16.6 Å². The van der Waals surface area contributed by atoms with Gasteiger partial charge in [-0.3, -0.25) is 4.98 Å². The Morgan fingerprint density at radius 2 is 1.95 bits per heavy atom. The fraction of sp³-hybridized carbons (Fsp3) is 0.125. The molecule has 0 saturated heterocycles. The van der Waals surface area contributed by atoms with Crippen LogP contribution in [0.15, 0.2) is 36.5 Å². The van der Waals surface area contributed by atoms with Crippen LogP contribution in [0.25, 0.3) is 22.3 Å². The van der Waals surface area contributed by atoms with Crippen molar-refractivity contribution in [1.82, 2.24) is 9.97 Å². The van der Waals surface area contributed by atoms with Gasteiger partial charge in [-0.1, -0.05) is 6.07 Å². The third-order valence-electron chi connectivity index (χ3n) is 3.41. The van der Waals surface area contributed by atoms with Crippen LogP contribution in [0.1, 0.15) is 11.1 Å². The van der Waals surface area contributed by atoms with Crippen LogP contribution < -0.4 is 5.73 Å². The van der Waals surface area contributed by atoms with Gasteiger partial charge in [-0.2, -0.15) is 0 Å². The lowest BCUT2D eigenvalue weighted by Crippen LogP contribution is -2.00. The predicted molar refractivity (Wildman–Crippen MR) is 78.8 cm³/mol. The van der Waals surface area contributed by atoms with E-state index in [0.29, 0.717) is 22.3 Å². The molecule has 0 radical (unpaired) electrons. The Labute approximate surface area is 116 Å². The highest BCUT2D eigenvalue weighted by atomic mass is 19.1. The van der Waals surface area contributed by atoms with Crippen LogP contribution in [0.3, 0.4) is 0 Å². The number of aromatic nitrogens is 2. The molecule has 3 nitrogen and oxygen atoms in total. The third-order valence-corrected chi connectivity index (χ3v) is 3.41. The molecule has 2 N–H and O–H groups in total. The molecule has 2 aromatic heterocycles. The Morgan fingerprint density at radius 1 is 1.15 bits per heavy atom. The van der Waals surface area contributed by atoms with Gasteiger partial charge in [0.25, 0.3) is 0 Å². The van der Waals surface area contributed by atoms with Gasteiger partial charge in [-0.15, -0.1) is 0 Å². The summed E-state index contributed by atoms with van der Waals surface area (Å²) in [7, 11) is 0. The molecule has 0 aliphatic carbocycles. The van der Waals surface area contributed by atoms with Crippen molar-refractivity contribution in [2.45, 2.75) is 13.8 Å². The smallest absolute Gasteiger partial charge is 0.134 e. The molecular weight excluding hydrogens is 253 g/mol. The average molecular weight is 267 g/mol. The fourth-order valence-electron chi connectivity index (χ4n) is 2.31. The molecule has 0 spiro atoms. The molecule has 1 aromatic carbocycles. The Kier molecular flexibility index (Phi) is 2.86. The summed E-state index contributed by atoms with van der Waals surface area (Å²) in [6.07, 6.45) is 1.73. The maximum Gasteiger partial charge on any atom is 0.134 e. The zero-order chi connectivity index (χ0) is 14.3. The summed E-state index contributed by atoms with van der Waals surface area (Å²) in [6, 6.07) is 8.65. The van der Waals surface area contributed by atoms with Gasteiger partial charge in [0, 0.05) is 17.4 Å². The Morgan fingerprint density at radius 3 is 2.70 bits per heavy atom. The van der Waals surface area contributed by atoms with Gasteiger partial charge in [0.1, 0.15) is 5.82 Å². The summed E-state index contributed by atoms with van der Waals surface area (Å²) in [6.45, 7) is 3.83. The molecule has 3 rings (SSSR count). The number of aryl methyl sites for hydroxylation is 1. The quantitative estimate of drug-likeness (QED) is 0.732. The minimum absolute atomic E-state index is 0.348. The number of hydrogen-bond donors (Lipinski definition) is 1. The van der Waals surface area contributed by atoms with Crippen molar-refractivity contribution in [2.24, 2.45) is 0 Å². The Bertz CT molecular complexity index is 812. The first-order valence-corrected chi connectivity index (χ1v) is 6.35. The molecule has 0 saturated carbocycles. The third kappa shape index (κ3) is 1.90. The molecule has 0 amide bonds. The number of fused-ring (bicyclic) bond motifs is 1. The van der Waals surface area contributed by atoms with Crippen molar-refractivity contribution in [3.05, 3.63) is 53.5 Å². The molecule has 3 aromatic rings. The second-order valence-corrected chi connectivity index (χ2v) is 4.85. The summed E-state index contributed by atoms with van der Waals surface area (Å²) < 4.78 is 13.9. The fourth-order valence-corrected chi connectivity index (χ4v) is 2.31. The van der Waals surface area contributed by atoms with Crippen LogP contribution in [-0.4, -0.2) is 9.97 Å². The molecule has 0 unspecified atom stereocenters. The number of pyridine rings is 2. The van der Waals surface area contributed by atoms with E-state index in [-0.39, 0.29) is 5.82 Å². The maximum absolute atomic E-state index is 13.9. The SMILES string of the molecule is Cc1ccnc(-c2nc3cccc(F)c3c(N)c2C)c1. The first kappa shape index (κ1) is 12.5. The number of benzene rings is 1. The van der Waals surface area contributed by atoms with Gasteiger partial charge in [0.05, 0.1) is 22.3 Å². The Balaban J connectivity index is 2.36. The largest absolute Gasteiger partial charge is 0.398 e. The first-order valence-electron chi connectivity index (χ1n) is 6.35. The van der Waals surface area contributed by atoms with Crippen molar-refractivity contribution in [2.75, 3.05) is 5.73 Å². The highest BCUT2D eigenvalue weighted by molar-refractivity contribution is 5.95. The molecule has 4 heteroatoms. The summed E-state index contributed by atoms with van der Waals surface area (Å²) in [5.74, 6) is -0.348. The summed E-state index contributed by atoms with van der Waals surface area (Å²) in [4.78, 5) is 8.85. The number of nitrogen functional groups attached to an aromatic ring is 1. The van der Waals surface area contributed by atoms with E-state index in [2.05, 4.69) is 9.97 Å². The molecule has 0 aliphatic heterocycles. The maximum atomic E-state index is 13.9. The molecule has 0 atom stereocenters. The number of nitrogens with zero attached hydrogens (tertiary/aromatic N) is 2. The topological polar surface area (TPSA) is 51.8 Å². The zero-order valence-corrected chi connectivity index (χ0v) is 11.3. The first-order chi connectivity index (χ1) is 9.58. The minimum Gasteiger partial charge on any atom is -0.398 e. The van der Waals surface area contributed by atoms with E-state index in [1.165, 1.54) is 6.07 Å². The van der Waals surface area contributed by atoms with Gasteiger partial charge in [-0.05, 0) is 43.7 Å². The second-order valence-electron chi connectivity index (χ2n) is 4.85. The normalized spacial score (nSPS) is 10.9. The summed E-state index contributed by atoms with van der Waals surface area (Å²) in [5.41, 5.74) is 10.3. The summed E-state index contributed by atoms with van der Waals surface area (Å²) in [5, 5.41) is 0.376. The number of rotatable bonds is 1. The van der Waals surface area contributed by atoms with Crippen LogP contribution in [0, 0.1) is 19.7 Å². The minimum atomic E-state index is -0.348. The van der Waals surface area contributed by atoms with Gasteiger partial charge in [0.15, 0.2) is 0 Å². The van der Waals surface area contributed by atoms with Crippen molar-refractivity contribution in [1.29, 1.82) is 0 Å². The van der Waals surface area contributed by atoms with Crippen molar-refractivity contribution in [3.63, 3.8) is 0 Å². The second kappa shape index (κ2) is 4.56. The number of anilines is 1. The lowest BCUT2D eigenvalue weighted by Gasteiger charge is -2.11. The van der Waals surface area contributed by atoms with Crippen LogP contribution in [0.4, 0.5) is 10.1 Å². The van der Waals surface area contributed by atoms with Gasteiger partial charge >= 0.3 is 0 Å². The van der Waals surface area contributed by atoms with Crippen molar-refractivity contribution < 1.29 is 4.39 Å². The molecule has 0 bridgehead atoms. The van der Waals surface area contributed by atoms with E-state index in [4.69, 9.17) is 5.73 Å². The summed E-state index contributed by atoms with van der Waals surface area (Å²) >= 11 is 0. The number of nitrogens with two attached hydrogens (primary N) is 1. The van der Waals surface area contributed by atoms with E-state index in [1.807, 2.05) is 26.0 Å². The molecule has 100 valence electrons. The van der Waals surface area contributed by atoms with Crippen LogP contribution >= 0.6 is 0 Å². The predicted octanol–water partition coefficient (Wildman–Crippen LogP) is 3.63. The average Bonchev–Trinajstić information content (AvgIpc) is 2.42. The molecule has 2 heterocycles. The van der Waals surface area contributed by atoms with E-state index in [0.717, 1.165) is 16.8 Å². The van der Waals surface area contributed by atoms with Gasteiger partial charge in [-0.25, -0.2) is 9.37 Å². The molecule has 0 aliphatic rings. The lowest BCUT2D eigenvalue weighted by molar-refractivity contribution is 0.640. The lowest BCUT2D eigenvalue weighted by atomic mass is 10.0. The number of hydrogen-bond acceptors (Lipinski definition) is 3. The highest BCUT2D eigenvalue weighted by Crippen LogP contribution is 2.31. The molecule has 0 fully saturated rings. The molecule has 20 heavy (non-hydrogen) atoms. The van der Waals surface area contributed by atoms with E-state index in [1.54, 1.807) is 18.3 Å². The monoisotopic (exact) mass is 267 g/mol. The van der Waals surface area contributed by atoms with Gasteiger partial charge < -0.3 is 5.73 Å². The van der Waals surface area contributed by atoms with E-state index < -0.39 is 0 Å². The zero-order valence-electron chi connectivity index (χ0n) is 11.3.